The minimum Gasteiger partial charge on any atom is -0.439 e. The van der Waals surface area contributed by atoms with E-state index in [1.807, 2.05) is 18.2 Å². The molecule has 0 aliphatic carbocycles. The van der Waals surface area contributed by atoms with E-state index >= 15 is 0 Å². The van der Waals surface area contributed by atoms with Gasteiger partial charge in [-0.1, -0.05) is 41.4 Å². The Morgan fingerprint density at radius 3 is 2.63 bits per heavy atom. The first-order valence-electron chi connectivity index (χ1n) is 5.73. The molecule has 2 N–H and O–H groups in total. The summed E-state index contributed by atoms with van der Waals surface area (Å²) in [5.74, 6) is 1.47. The van der Waals surface area contributed by atoms with Gasteiger partial charge in [0.15, 0.2) is 0 Å². The first kappa shape index (κ1) is 14.1. The average Bonchev–Trinajstić information content (AvgIpc) is 2.30. The van der Waals surface area contributed by atoms with E-state index < -0.39 is 0 Å². The number of aromatic nitrogens is 2. The van der Waals surface area contributed by atoms with Crippen molar-refractivity contribution in [2.24, 2.45) is 0 Å². The molecular weight excluding hydrogens is 330 g/mol. The van der Waals surface area contributed by atoms with Crippen molar-refractivity contribution in [3.05, 3.63) is 39.5 Å². The Balaban J connectivity index is 2.37. The zero-order valence-electron chi connectivity index (χ0n) is 10.5. The number of nitrogens with two attached hydrogens (primary N) is 1. The van der Waals surface area contributed by atoms with E-state index in [-0.39, 0.29) is 11.1 Å². The highest BCUT2D eigenvalue weighted by molar-refractivity contribution is 9.10. The van der Waals surface area contributed by atoms with Crippen molar-refractivity contribution in [1.29, 1.82) is 0 Å². The topological polar surface area (TPSA) is 61.0 Å². The smallest absolute Gasteiger partial charge is 0.225 e. The number of nitrogen functional groups attached to an aromatic ring is 1. The Morgan fingerprint density at radius 1 is 1.26 bits per heavy atom. The van der Waals surface area contributed by atoms with E-state index in [1.54, 1.807) is 0 Å². The van der Waals surface area contributed by atoms with Gasteiger partial charge in [-0.15, -0.1) is 0 Å². The predicted octanol–water partition coefficient (Wildman–Crippen LogP) is 4.39. The van der Waals surface area contributed by atoms with Gasteiger partial charge in [0.2, 0.25) is 11.8 Å². The van der Waals surface area contributed by atoms with E-state index in [9.17, 15) is 0 Å². The maximum Gasteiger partial charge on any atom is 0.225 e. The second kappa shape index (κ2) is 5.75. The third-order valence-corrected chi connectivity index (χ3v) is 3.18. The zero-order chi connectivity index (χ0) is 14.0. The highest BCUT2D eigenvalue weighted by Crippen LogP contribution is 2.32. The van der Waals surface area contributed by atoms with Crippen LogP contribution in [-0.4, -0.2) is 9.97 Å². The molecule has 0 unspecified atom stereocenters. The molecule has 0 aliphatic heterocycles. The van der Waals surface area contributed by atoms with Crippen LogP contribution in [0.3, 0.4) is 0 Å². The number of rotatable bonds is 3. The molecule has 0 bridgehead atoms. The predicted molar refractivity (Wildman–Crippen MR) is 79.8 cm³/mol. The SMILES string of the molecule is CC(C)c1cc(Br)ccc1Oc1cc(Cl)nc(N)n1. The van der Waals surface area contributed by atoms with Crippen LogP contribution in [0.4, 0.5) is 5.95 Å². The van der Waals surface area contributed by atoms with Gasteiger partial charge in [-0.2, -0.15) is 4.98 Å². The maximum atomic E-state index is 5.83. The Labute approximate surface area is 125 Å². The third kappa shape index (κ3) is 3.58. The highest BCUT2D eigenvalue weighted by Gasteiger charge is 2.11. The Hall–Kier alpha value is -1.33. The quantitative estimate of drug-likeness (QED) is 0.840. The normalized spacial score (nSPS) is 10.8. The van der Waals surface area contributed by atoms with Gasteiger partial charge in [-0.25, -0.2) is 4.98 Å². The molecule has 0 fully saturated rings. The van der Waals surface area contributed by atoms with Gasteiger partial charge < -0.3 is 10.5 Å². The summed E-state index contributed by atoms with van der Waals surface area (Å²) in [6.45, 7) is 4.19. The number of anilines is 1. The summed E-state index contributed by atoms with van der Waals surface area (Å²) < 4.78 is 6.75. The van der Waals surface area contributed by atoms with Crippen molar-refractivity contribution in [1.82, 2.24) is 9.97 Å². The van der Waals surface area contributed by atoms with E-state index in [0.29, 0.717) is 11.8 Å². The van der Waals surface area contributed by atoms with E-state index in [0.717, 1.165) is 15.8 Å². The molecule has 4 nitrogen and oxygen atoms in total. The van der Waals surface area contributed by atoms with Crippen LogP contribution < -0.4 is 10.5 Å². The van der Waals surface area contributed by atoms with Gasteiger partial charge in [-0.05, 0) is 29.7 Å². The van der Waals surface area contributed by atoms with Crippen LogP contribution in [0.1, 0.15) is 25.3 Å². The highest BCUT2D eigenvalue weighted by atomic mass is 79.9. The number of hydrogen-bond acceptors (Lipinski definition) is 4. The van der Waals surface area contributed by atoms with Crippen LogP contribution in [0.25, 0.3) is 0 Å². The second-order valence-corrected chi connectivity index (χ2v) is 5.63. The molecule has 0 saturated carbocycles. The molecule has 0 spiro atoms. The second-order valence-electron chi connectivity index (χ2n) is 4.33. The molecule has 1 aromatic heterocycles. The number of nitrogens with zero attached hydrogens (tertiary/aromatic N) is 2. The molecule has 1 aromatic carbocycles. The summed E-state index contributed by atoms with van der Waals surface area (Å²) in [6, 6.07) is 7.34. The first-order chi connectivity index (χ1) is 8.95. The summed E-state index contributed by atoms with van der Waals surface area (Å²) in [4.78, 5) is 7.79. The van der Waals surface area contributed by atoms with Gasteiger partial charge in [-0.3, -0.25) is 0 Å². The van der Waals surface area contributed by atoms with Crippen molar-refractivity contribution >= 4 is 33.5 Å². The third-order valence-electron chi connectivity index (χ3n) is 2.50. The molecule has 100 valence electrons. The van der Waals surface area contributed by atoms with Crippen LogP contribution in [-0.2, 0) is 0 Å². The summed E-state index contributed by atoms with van der Waals surface area (Å²) >= 11 is 9.28. The minimum absolute atomic E-state index is 0.0886. The fraction of sp³-hybridized carbons (Fsp3) is 0.231. The van der Waals surface area contributed by atoms with Crippen LogP contribution in [0.15, 0.2) is 28.7 Å². The lowest BCUT2D eigenvalue weighted by molar-refractivity contribution is 0.454. The number of benzene rings is 1. The molecule has 0 atom stereocenters. The van der Waals surface area contributed by atoms with Crippen LogP contribution in [0.5, 0.6) is 11.6 Å². The minimum atomic E-state index is 0.0886. The van der Waals surface area contributed by atoms with Crippen molar-refractivity contribution in [2.45, 2.75) is 19.8 Å². The molecule has 0 amide bonds. The summed E-state index contributed by atoms with van der Waals surface area (Å²) in [5.41, 5.74) is 6.61. The summed E-state index contributed by atoms with van der Waals surface area (Å²) in [6.07, 6.45) is 0. The Kier molecular flexibility index (Phi) is 4.27. The van der Waals surface area contributed by atoms with Crippen molar-refractivity contribution in [3.8, 4) is 11.6 Å². The molecule has 0 radical (unpaired) electrons. The molecule has 2 rings (SSSR count). The van der Waals surface area contributed by atoms with Crippen molar-refractivity contribution < 1.29 is 4.74 Å². The fourth-order valence-electron chi connectivity index (χ4n) is 1.64. The number of hydrogen-bond donors (Lipinski definition) is 1. The lowest BCUT2D eigenvalue weighted by Crippen LogP contribution is -1.99. The van der Waals surface area contributed by atoms with Crippen LogP contribution in [0, 0.1) is 0 Å². The monoisotopic (exact) mass is 341 g/mol. The van der Waals surface area contributed by atoms with Gasteiger partial charge in [0.25, 0.3) is 0 Å². The Morgan fingerprint density at radius 2 is 2.00 bits per heavy atom. The number of halogens is 2. The van der Waals surface area contributed by atoms with Crippen LogP contribution in [0.2, 0.25) is 5.15 Å². The maximum absolute atomic E-state index is 5.83. The van der Waals surface area contributed by atoms with Gasteiger partial charge in [0.1, 0.15) is 10.9 Å². The molecule has 19 heavy (non-hydrogen) atoms. The fourth-order valence-corrected chi connectivity index (χ4v) is 2.20. The molecule has 2 aromatic rings. The molecule has 0 aliphatic rings. The lowest BCUT2D eigenvalue weighted by Gasteiger charge is -2.13. The lowest BCUT2D eigenvalue weighted by atomic mass is 10.0. The van der Waals surface area contributed by atoms with Crippen LogP contribution >= 0.6 is 27.5 Å². The van der Waals surface area contributed by atoms with Crippen molar-refractivity contribution in [2.75, 3.05) is 5.73 Å². The molecular formula is C13H13BrClN3O. The molecule has 0 saturated heterocycles. The van der Waals surface area contributed by atoms with Gasteiger partial charge >= 0.3 is 0 Å². The van der Waals surface area contributed by atoms with E-state index in [4.69, 9.17) is 22.1 Å². The standard InChI is InChI=1S/C13H13BrClN3O/c1-7(2)9-5-8(14)3-4-10(9)19-12-6-11(15)17-13(16)18-12/h3-7H,1-2H3,(H2,16,17,18). The van der Waals surface area contributed by atoms with E-state index in [1.165, 1.54) is 6.07 Å². The number of ether oxygens (including phenoxy) is 1. The van der Waals surface area contributed by atoms with Gasteiger partial charge in [0.05, 0.1) is 0 Å². The average molecular weight is 343 g/mol. The molecule has 6 heteroatoms. The zero-order valence-corrected chi connectivity index (χ0v) is 12.9. The van der Waals surface area contributed by atoms with E-state index in [2.05, 4.69) is 39.7 Å². The Bertz CT molecular complexity index is 584. The largest absolute Gasteiger partial charge is 0.439 e. The summed E-state index contributed by atoms with van der Waals surface area (Å²) in [5, 5.41) is 0.255. The summed E-state index contributed by atoms with van der Waals surface area (Å²) in [7, 11) is 0. The molecule has 1 heterocycles. The van der Waals surface area contributed by atoms with Crippen molar-refractivity contribution in [3.63, 3.8) is 0 Å². The van der Waals surface area contributed by atoms with Gasteiger partial charge in [0, 0.05) is 10.5 Å². The first-order valence-corrected chi connectivity index (χ1v) is 6.90.